The molecule has 17 heavy (non-hydrogen) atoms. The molecule has 0 fully saturated rings. The highest BCUT2D eigenvalue weighted by molar-refractivity contribution is 5.79. The van der Waals surface area contributed by atoms with Gasteiger partial charge in [-0.2, -0.15) is 4.39 Å². The van der Waals surface area contributed by atoms with Gasteiger partial charge in [-0.25, -0.2) is 9.36 Å². The number of nitrogens with one attached hydrogen (secondary N) is 2. The van der Waals surface area contributed by atoms with Gasteiger partial charge in [-0.05, 0) is 13.8 Å². The number of hydrogen-bond donors (Lipinski definition) is 3. The molecule has 1 rings (SSSR count). The molecule has 8 heteroatoms. The highest BCUT2D eigenvalue weighted by Crippen LogP contribution is 2.13. The van der Waals surface area contributed by atoms with E-state index in [0.29, 0.717) is 11.1 Å². The molecule has 1 aromatic rings. The van der Waals surface area contributed by atoms with E-state index in [1.807, 2.05) is 0 Å². The molecule has 0 bridgehead atoms. The fourth-order valence-corrected chi connectivity index (χ4v) is 1.31. The van der Waals surface area contributed by atoms with Gasteiger partial charge < -0.3 is 10.4 Å². The minimum Gasteiger partial charge on any atom is -0.492 e. The summed E-state index contributed by atoms with van der Waals surface area (Å²) in [6.45, 7) is 3.29. The second-order valence-corrected chi connectivity index (χ2v) is 3.34. The van der Waals surface area contributed by atoms with E-state index in [-0.39, 0.29) is 0 Å². The number of hydrogen-bond acceptors (Lipinski definition) is 4. The molecule has 0 aliphatic rings. The first-order valence-electron chi connectivity index (χ1n) is 4.91. The lowest BCUT2D eigenvalue weighted by Gasteiger charge is -2.15. The third-order valence-electron chi connectivity index (χ3n) is 2.18. The monoisotopic (exact) mass is 245 g/mol. The van der Waals surface area contributed by atoms with Gasteiger partial charge in [0.2, 0.25) is 17.6 Å². The van der Waals surface area contributed by atoms with Gasteiger partial charge in [0.1, 0.15) is 6.04 Å². The summed E-state index contributed by atoms with van der Waals surface area (Å²) in [5.41, 5.74) is -2.38. The Labute approximate surface area is 94.9 Å². The molecule has 7 nitrogen and oxygen atoms in total. The van der Waals surface area contributed by atoms with Crippen LogP contribution in [-0.4, -0.2) is 27.1 Å². The Morgan fingerprint density at radius 1 is 1.59 bits per heavy atom. The Kier molecular flexibility index (Phi) is 3.66. The first-order chi connectivity index (χ1) is 7.90. The molecule has 0 saturated heterocycles. The average molecular weight is 245 g/mol. The third kappa shape index (κ3) is 2.35. The fraction of sp³-hybridized carbons (Fsp3) is 0.444. The summed E-state index contributed by atoms with van der Waals surface area (Å²) >= 11 is 0. The maximum absolute atomic E-state index is 13.1. The van der Waals surface area contributed by atoms with Crippen LogP contribution in [0, 0.1) is 5.82 Å². The molecule has 3 N–H and O–H groups in total. The highest BCUT2D eigenvalue weighted by atomic mass is 19.1. The van der Waals surface area contributed by atoms with Gasteiger partial charge in [-0.1, -0.05) is 0 Å². The van der Waals surface area contributed by atoms with Crippen molar-refractivity contribution < 1.29 is 14.3 Å². The molecule has 1 atom stereocenters. The SMILES string of the molecule is CCNC(=O)C(C)n1c(O)c(F)c(=O)[nH]c1=O. The lowest BCUT2D eigenvalue weighted by Crippen LogP contribution is -2.39. The number of halogens is 1. The molecule has 1 aromatic heterocycles. The van der Waals surface area contributed by atoms with Gasteiger partial charge in [-0.15, -0.1) is 0 Å². The first kappa shape index (κ1) is 12.9. The summed E-state index contributed by atoms with van der Waals surface area (Å²) in [5, 5.41) is 11.7. The predicted molar refractivity (Wildman–Crippen MR) is 56.3 cm³/mol. The topological polar surface area (TPSA) is 104 Å². The van der Waals surface area contributed by atoms with E-state index in [2.05, 4.69) is 5.32 Å². The molecule has 0 saturated carbocycles. The molecule has 1 heterocycles. The number of nitrogens with zero attached hydrogens (tertiary/aromatic N) is 1. The van der Waals surface area contributed by atoms with Gasteiger partial charge in [0.25, 0.3) is 5.56 Å². The van der Waals surface area contributed by atoms with Crippen LogP contribution in [0.4, 0.5) is 4.39 Å². The highest BCUT2D eigenvalue weighted by Gasteiger charge is 2.22. The molecular formula is C9H12FN3O4. The van der Waals surface area contributed by atoms with E-state index in [0.717, 1.165) is 0 Å². The summed E-state index contributed by atoms with van der Waals surface area (Å²) in [4.78, 5) is 35.3. The second-order valence-electron chi connectivity index (χ2n) is 3.34. The molecule has 0 aliphatic carbocycles. The largest absolute Gasteiger partial charge is 0.492 e. The lowest BCUT2D eigenvalue weighted by atomic mass is 10.3. The Hall–Kier alpha value is -2.12. The van der Waals surface area contributed by atoms with Gasteiger partial charge in [0.05, 0.1) is 0 Å². The molecule has 0 radical (unpaired) electrons. The number of carbonyl (C=O) groups excluding carboxylic acids is 1. The van der Waals surface area contributed by atoms with Gasteiger partial charge >= 0.3 is 5.69 Å². The normalized spacial score (nSPS) is 12.2. The summed E-state index contributed by atoms with van der Waals surface area (Å²) in [7, 11) is 0. The van der Waals surface area contributed by atoms with Crippen LogP contribution in [0.3, 0.4) is 0 Å². The van der Waals surface area contributed by atoms with Gasteiger partial charge in [0, 0.05) is 6.54 Å². The number of H-pyrrole nitrogens is 1. The van der Waals surface area contributed by atoms with Crippen molar-refractivity contribution in [2.45, 2.75) is 19.9 Å². The van der Waals surface area contributed by atoms with Crippen LogP contribution in [0.5, 0.6) is 5.88 Å². The van der Waals surface area contributed by atoms with Crippen LogP contribution < -0.4 is 16.6 Å². The van der Waals surface area contributed by atoms with E-state index in [9.17, 15) is 23.9 Å². The zero-order valence-corrected chi connectivity index (χ0v) is 9.28. The van der Waals surface area contributed by atoms with Crippen LogP contribution in [0.2, 0.25) is 0 Å². The van der Waals surface area contributed by atoms with Crippen molar-refractivity contribution in [1.82, 2.24) is 14.9 Å². The van der Waals surface area contributed by atoms with Crippen LogP contribution in [0.15, 0.2) is 9.59 Å². The Bertz CT molecular complexity index is 548. The van der Waals surface area contributed by atoms with Crippen molar-refractivity contribution in [3.63, 3.8) is 0 Å². The van der Waals surface area contributed by atoms with Crippen molar-refractivity contribution in [1.29, 1.82) is 0 Å². The number of aromatic nitrogens is 2. The molecular weight excluding hydrogens is 233 g/mol. The van der Waals surface area contributed by atoms with E-state index in [4.69, 9.17) is 0 Å². The number of likely N-dealkylation sites (N-methyl/N-ethyl adjacent to an activating group) is 1. The minimum atomic E-state index is -1.50. The number of carbonyl (C=O) groups is 1. The van der Waals surface area contributed by atoms with Crippen LogP contribution in [0.1, 0.15) is 19.9 Å². The van der Waals surface area contributed by atoms with E-state index < -0.39 is 34.9 Å². The zero-order valence-electron chi connectivity index (χ0n) is 9.28. The molecule has 1 unspecified atom stereocenters. The Balaban J connectivity index is 3.32. The van der Waals surface area contributed by atoms with Crippen molar-refractivity contribution >= 4 is 5.91 Å². The van der Waals surface area contributed by atoms with E-state index in [1.54, 1.807) is 11.9 Å². The first-order valence-corrected chi connectivity index (χ1v) is 4.91. The molecule has 0 aliphatic heterocycles. The van der Waals surface area contributed by atoms with Gasteiger partial charge in [-0.3, -0.25) is 14.6 Å². The van der Waals surface area contributed by atoms with Crippen LogP contribution in [0.25, 0.3) is 0 Å². The fourth-order valence-electron chi connectivity index (χ4n) is 1.31. The minimum absolute atomic E-state index is 0.324. The smallest absolute Gasteiger partial charge is 0.332 e. The van der Waals surface area contributed by atoms with Crippen LogP contribution >= 0.6 is 0 Å². The maximum Gasteiger partial charge on any atom is 0.332 e. The van der Waals surface area contributed by atoms with E-state index >= 15 is 0 Å². The zero-order chi connectivity index (χ0) is 13.2. The molecule has 94 valence electrons. The quantitative estimate of drug-likeness (QED) is 0.640. The molecule has 0 spiro atoms. The standard InChI is InChI=1S/C9H12FN3O4/c1-3-11-6(14)4(2)13-8(16)5(10)7(15)12-9(13)17/h4,16H,3H2,1-2H3,(H,11,14)(H,12,15,17). The lowest BCUT2D eigenvalue weighted by molar-refractivity contribution is -0.124. The number of aromatic amines is 1. The summed E-state index contributed by atoms with van der Waals surface area (Å²) in [5.74, 6) is -3.23. The summed E-state index contributed by atoms with van der Waals surface area (Å²) in [6, 6.07) is -1.13. The van der Waals surface area contributed by atoms with Gasteiger partial charge in [0.15, 0.2) is 0 Å². The van der Waals surface area contributed by atoms with E-state index in [1.165, 1.54) is 6.92 Å². The van der Waals surface area contributed by atoms with Crippen molar-refractivity contribution in [2.75, 3.05) is 6.54 Å². The summed E-state index contributed by atoms with van der Waals surface area (Å²) < 4.78 is 13.6. The third-order valence-corrected chi connectivity index (χ3v) is 2.18. The summed E-state index contributed by atoms with van der Waals surface area (Å²) in [6.07, 6.45) is 0. The van der Waals surface area contributed by atoms with Crippen molar-refractivity contribution in [3.05, 3.63) is 26.7 Å². The Morgan fingerprint density at radius 3 is 2.71 bits per heavy atom. The number of amides is 1. The molecule has 1 amide bonds. The average Bonchev–Trinajstić information content (AvgIpc) is 2.26. The number of rotatable bonds is 3. The van der Waals surface area contributed by atoms with Crippen LogP contribution in [-0.2, 0) is 4.79 Å². The van der Waals surface area contributed by atoms with Crippen molar-refractivity contribution in [3.8, 4) is 5.88 Å². The Morgan fingerprint density at radius 2 is 2.18 bits per heavy atom. The predicted octanol–water partition coefficient (Wildman–Crippen LogP) is -0.922. The second kappa shape index (κ2) is 4.81. The number of aromatic hydroxyl groups is 1. The van der Waals surface area contributed by atoms with Crippen molar-refractivity contribution in [2.24, 2.45) is 0 Å². The maximum atomic E-state index is 13.1. The molecule has 0 aromatic carbocycles.